The molecule has 1 saturated heterocycles. The van der Waals surface area contributed by atoms with Crippen molar-refractivity contribution in [3.8, 4) is 0 Å². The van der Waals surface area contributed by atoms with Gasteiger partial charge in [-0.3, -0.25) is 4.79 Å². The predicted molar refractivity (Wildman–Crippen MR) is 90.0 cm³/mol. The van der Waals surface area contributed by atoms with Gasteiger partial charge in [0, 0.05) is 5.57 Å². The van der Waals surface area contributed by atoms with Crippen LogP contribution in [0.3, 0.4) is 0 Å². The number of allylic oxidation sites excluding steroid dienone is 2. The number of hydrogen-bond acceptors (Lipinski definition) is 5. The second kappa shape index (κ2) is 7.34. The molecule has 0 aromatic heterocycles. The van der Waals surface area contributed by atoms with Crippen LogP contribution in [0.4, 0.5) is 0 Å². The molecule has 24 heavy (non-hydrogen) atoms. The zero-order valence-electron chi connectivity index (χ0n) is 14.7. The monoisotopic (exact) mass is 334 g/mol. The number of aliphatic hydroxyl groups is 1. The summed E-state index contributed by atoms with van der Waals surface area (Å²) in [6.45, 7) is 11.1. The Labute approximate surface area is 143 Å². The largest absolute Gasteiger partial charge is 0.454 e. The van der Waals surface area contributed by atoms with Crippen molar-refractivity contribution in [2.24, 2.45) is 11.8 Å². The molecule has 0 aromatic rings. The SMILES string of the molecule is C=C1C(=O)O[C@@H]2[C@@H]1[C@H](O)/C=C(\C)CC/C=C(\C)[C@@H]2OC(=O)C(C)C. The summed E-state index contributed by atoms with van der Waals surface area (Å²) in [4.78, 5) is 24.1. The van der Waals surface area contributed by atoms with E-state index in [0.29, 0.717) is 0 Å². The van der Waals surface area contributed by atoms with Gasteiger partial charge in [-0.05, 0) is 32.3 Å². The van der Waals surface area contributed by atoms with E-state index in [2.05, 4.69) is 6.58 Å². The normalized spacial score (nSPS) is 35.4. The van der Waals surface area contributed by atoms with Gasteiger partial charge in [-0.2, -0.15) is 0 Å². The average Bonchev–Trinajstić information content (AvgIpc) is 2.78. The van der Waals surface area contributed by atoms with Crippen molar-refractivity contribution >= 4 is 11.9 Å². The number of hydrogen-bond donors (Lipinski definition) is 1. The van der Waals surface area contributed by atoms with Gasteiger partial charge in [0.25, 0.3) is 0 Å². The first-order valence-electron chi connectivity index (χ1n) is 8.34. The number of aliphatic hydroxyl groups excluding tert-OH is 1. The molecule has 5 nitrogen and oxygen atoms in total. The van der Waals surface area contributed by atoms with E-state index in [9.17, 15) is 14.7 Å². The fourth-order valence-corrected chi connectivity index (χ4v) is 3.06. The zero-order chi connectivity index (χ0) is 18.0. The summed E-state index contributed by atoms with van der Waals surface area (Å²) in [6.07, 6.45) is 2.91. The molecule has 0 unspecified atom stereocenters. The molecule has 2 aliphatic rings. The van der Waals surface area contributed by atoms with Gasteiger partial charge >= 0.3 is 11.9 Å². The number of carbonyl (C=O) groups excluding carboxylic acids is 2. The Kier molecular flexibility index (Phi) is 5.65. The molecule has 1 aliphatic carbocycles. The molecule has 0 amide bonds. The van der Waals surface area contributed by atoms with Gasteiger partial charge in [0.1, 0.15) is 0 Å². The van der Waals surface area contributed by atoms with Crippen LogP contribution >= 0.6 is 0 Å². The van der Waals surface area contributed by atoms with Crippen molar-refractivity contribution in [3.63, 3.8) is 0 Å². The van der Waals surface area contributed by atoms with Gasteiger partial charge in [-0.25, -0.2) is 4.79 Å². The molecule has 1 N–H and O–H groups in total. The van der Waals surface area contributed by atoms with Crippen molar-refractivity contribution in [2.75, 3.05) is 0 Å². The van der Waals surface area contributed by atoms with Gasteiger partial charge in [0.15, 0.2) is 12.2 Å². The zero-order valence-corrected chi connectivity index (χ0v) is 14.7. The van der Waals surface area contributed by atoms with E-state index in [1.54, 1.807) is 19.9 Å². The Morgan fingerprint density at radius 2 is 2.08 bits per heavy atom. The lowest BCUT2D eigenvalue weighted by Crippen LogP contribution is -2.41. The van der Waals surface area contributed by atoms with Crippen LogP contribution in [0.1, 0.15) is 40.5 Å². The minimum Gasteiger partial charge on any atom is -0.454 e. The molecule has 132 valence electrons. The highest BCUT2D eigenvalue weighted by Gasteiger charge is 2.48. The summed E-state index contributed by atoms with van der Waals surface area (Å²) in [6, 6.07) is 0. The number of esters is 2. The standard InChI is InChI=1S/C19H26O5/c1-10(2)18(21)23-16-12(4)8-6-7-11(3)9-14(20)15-13(5)19(22)24-17(15)16/h8-10,14-17,20H,5-7H2,1-4H3/b11-9+,12-8+/t14-,15+,16+,17-/m1/s1. The molecule has 5 heteroatoms. The van der Waals surface area contributed by atoms with Crippen LogP contribution in [-0.2, 0) is 19.1 Å². The van der Waals surface area contributed by atoms with E-state index in [4.69, 9.17) is 9.47 Å². The van der Waals surface area contributed by atoms with Gasteiger partial charge < -0.3 is 14.6 Å². The number of fused-ring (bicyclic) bond motifs is 1. The number of carbonyl (C=O) groups is 2. The first-order chi connectivity index (χ1) is 11.2. The Hall–Kier alpha value is -1.88. The third-order valence-electron chi connectivity index (χ3n) is 4.55. The maximum absolute atomic E-state index is 12.1. The van der Waals surface area contributed by atoms with E-state index >= 15 is 0 Å². The van der Waals surface area contributed by atoms with Crippen LogP contribution in [0.2, 0.25) is 0 Å². The summed E-state index contributed by atoms with van der Waals surface area (Å²) >= 11 is 0. The smallest absolute Gasteiger partial charge is 0.334 e. The van der Waals surface area contributed by atoms with Crippen LogP contribution in [-0.4, -0.2) is 35.4 Å². The van der Waals surface area contributed by atoms with Crippen molar-refractivity contribution in [1.29, 1.82) is 0 Å². The lowest BCUT2D eigenvalue weighted by molar-refractivity contribution is -0.163. The minimum absolute atomic E-state index is 0.218. The molecule has 0 spiro atoms. The molecular weight excluding hydrogens is 308 g/mol. The minimum atomic E-state index is -0.903. The third kappa shape index (κ3) is 3.78. The van der Waals surface area contributed by atoms with Crippen molar-refractivity contribution in [3.05, 3.63) is 35.5 Å². The molecule has 0 radical (unpaired) electrons. The highest BCUT2D eigenvalue weighted by Crippen LogP contribution is 2.36. The molecule has 4 atom stereocenters. The van der Waals surface area contributed by atoms with Gasteiger partial charge in [-0.15, -0.1) is 0 Å². The van der Waals surface area contributed by atoms with Crippen LogP contribution in [0.15, 0.2) is 35.5 Å². The quantitative estimate of drug-likeness (QED) is 0.477. The number of rotatable bonds is 2. The van der Waals surface area contributed by atoms with Crippen LogP contribution < -0.4 is 0 Å². The van der Waals surface area contributed by atoms with E-state index in [0.717, 1.165) is 24.0 Å². The maximum atomic E-state index is 12.1. The van der Waals surface area contributed by atoms with E-state index in [1.165, 1.54) is 0 Å². The molecule has 0 bridgehead atoms. The van der Waals surface area contributed by atoms with E-state index < -0.39 is 30.2 Å². The Morgan fingerprint density at radius 3 is 2.71 bits per heavy atom. The lowest BCUT2D eigenvalue weighted by atomic mass is 9.84. The summed E-state index contributed by atoms with van der Waals surface area (Å²) in [5, 5.41) is 10.6. The highest BCUT2D eigenvalue weighted by atomic mass is 16.6. The molecule has 0 aromatic carbocycles. The van der Waals surface area contributed by atoms with Gasteiger partial charge in [0.2, 0.25) is 0 Å². The molecule has 1 aliphatic heterocycles. The van der Waals surface area contributed by atoms with Gasteiger partial charge in [-0.1, -0.05) is 38.2 Å². The summed E-state index contributed by atoms with van der Waals surface area (Å²) in [5.41, 5.74) is 2.08. The maximum Gasteiger partial charge on any atom is 0.334 e. The summed E-state index contributed by atoms with van der Waals surface area (Å²) in [5.74, 6) is -1.83. The van der Waals surface area contributed by atoms with E-state index in [-0.39, 0.29) is 17.5 Å². The highest BCUT2D eigenvalue weighted by molar-refractivity contribution is 5.91. The Bertz CT molecular complexity index is 599. The fourth-order valence-electron chi connectivity index (χ4n) is 3.06. The summed E-state index contributed by atoms with van der Waals surface area (Å²) in [7, 11) is 0. The van der Waals surface area contributed by atoms with Crippen molar-refractivity contribution < 1.29 is 24.2 Å². The van der Waals surface area contributed by atoms with Gasteiger partial charge in [0.05, 0.1) is 17.9 Å². The molecule has 0 saturated carbocycles. The molecular formula is C19H26O5. The van der Waals surface area contributed by atoms with Crippen LogP contribution in [0.5, 0.6) is 0 Å². The average molecular weight is 334 g/mol. The molecule has 2 rings (SSSR count). The lowest BCUT2D eigenvalue weighted by Gasteiger charge is -2.30. The van der Waals surface area contributed by atoms with Crippen molar-refractivity contribution in [1.82, 2.24) is 0 Å². The molecule has 1 fully saturated rings. The topological polar surface area (TPSA) is 72.8 Å². The van der Waals surface area contributed by atoms with Crippen LogP contribution in [0.25, 0.3) is 0 Å². The van der Waals surface area contributed by atoms with Crippen LogP contribution in [0, 0.1) is 11.8 Å². The Balaban J connectivity index is 2.43. The fraction of sp³-hybridized carbons (Fsp3) is 0.579. The predicted octanol–water partition coefficient (Wildman–Crippen LogP) is 2.70. The second-order valence-electron chi connectivity index (χ2n) is 6.92. The number of ether oxygens (including phenoxy) is 2. The summed E-state index contributed by atoms with van der Waals surface area (Å²) < 4.78 is 11.1. The second-order valence-corrected chi connectivity index (χ2v) is 6.92. The van der Waals surface area contributed by atoms with E-state index in [1.807, 2.05) is 19.9 Å². The third-order valence-corrected chi connectivity index (χ3v) is 4.55. The first-order valence-corrected chi connectivity index (χ1v) is 8.34. The molecule has 1 heterocycles. The Morgan fingerprint density at radius 1 is 1.42 bits per heavy atom. The first kappa shape index (κ1) is 18.5. The van der Waals surface area contributed by atoms with Crippen molar-refractivity contribution in [2.45, 2.75) is 58.8 Å².